The zero-order valence-electron chi connectivity index (χ0n) is 12.1. The van der Waals surface area contributed by atoms with Crippen molar-refractivity contribution in [1.29, 1.82) is 5.53 Å². The highest BCUT2D eigenvalue weighted by molar-refractivity contribution is 5.69. The third kappa shape index (κ3) is 1.96. The Labute approximate surface area is 130 Å². The van der Waals surface area contributed by atoms with Crippen LogP contribution >= 0.6 is 0 Å². The maximum atomic E-state index is 7.33. The molecule has 2 nitrogen and oxygen atoms in total. The monoisotopic (exact) mass is 284 g/mol. The summed E-state index contributed by atoms with van der Waals surface area (Å²) >= 11 is 0. The fourth-order valence-electron chi connectivity index (χ4n) is 3.51. The molecule has 2 aliphatic rings. The van der Waals surface area contributed by atoms with Gasteiger partial charge in [0.05, 0.1) is 0 Å². The van der Waals surface area contributed by atoms with Crippen LogP contribution in [0.15, 0.2) is 77.6 Å². The molecule has 4 rings (SSSR count). The van der Waals surface area contributed by atoms with Gasteiger partial charge in [-0.1, -0.05) is 72.8 Å². The summed E-state index contributed by atoms with van der Waals surface area (Å²) in [5, 5.41) is 3.59. The van der Waals surface area contributed by atoms with E-state index in [1.807, 2.05) is 0 Å². The second-order valence-corrected chi connectivity index (χ2v) is 5.69. The van der Waals surface area contributed by atoms with Crippen LogP contribution in [0.25, 0.3) is 12.2 Å². The molecule has 0 saturated heterocycles. The zero-order valence-corrected chi connectivity index (χ0v) is 12.1. The van der Waals surface area contributed by atoms with Gasteiger partial charge in [0, 0.05) is 18.0 Å². The van der Waals surface area contributed by atoms with E-state index in [0.717, 1.165) is 5.57 Å². The average molecular weight is 284 g/mol. The normalized spacial score (nSPS) is 20.5. The molecule has 2 aromatic rings. The van der Waals surface area contributed by atoms with Gasteiger partial charge in [0.1, 0.15) is 0 Å². The van der Waals surface area contributed by atoms with Crippen molar-refractivity contribution in [1.82, 2.24) is 0 Å². The zero-order chi connectivity index (χ0) is 14.9. The van der Waals surface area contributed by atoms with Crippen LogP contribution in [-0.4, -0.2) is 0 Å². The van der Waals surface area contributed by atoms with Crippen molar-refractivity contribution in [3.63, 3.8) is 0 Å². The number of nitrogens with zero attached hydrogens (tertiary/aromatic N) is 1. The standard InChI is InChI=1S/C20H16N2/c21-22-13-20(18-11-9-14-5-1-3-7-16(14)18)19-12-10-15-6-2-4-8-17(15)19/h1-13,18-19,21H. The van der Waals surface area contributed by atoms with Gasteiger partial charge >= 0.3 is 0 Å². The van der Waals surface area contributed by atoms with E-state index in [-0.39, 0.29) is 11.8 Å². The van der Waals surface area contributed by atoms with Crippen molar-refractivity contribution in [2.75, 3.05) is 0 Å². The third-order valence-corrected chi connectivity index (χ3v) is 4.53. The molecule has 0 aliphatic heterocycles. The molecule has 0 amide bonds. The van der Waals surface area contributed by atoms with Crippen LogP contribution in [-0.2, 0) is 0 Å². The van der Waals surface area contributed by atoms with E-state index in [0.29, 0.717) is 0 Å². The van der Waals surface area contributed by atoms with Gasteiger partial charge < -0.3 is 0 Å². The molecule has 0 bridgehead atoms. The Bertz CT molecular complexity index is 764. The van der Waals surface area contributed by atoms with E-state index in [1.165, 1.54) is 22.3 Å². The number of benzene rings is 2. The fourth-order valence-corrected chi connectivity index (χ4v) is 3.51. The highest BCUT2D eigenvalue weighted by Gasteiger charge is 2.29. The number of hydrogen-bond acceptors (Lipinski definition) is 2. The molecule has 1 N–H and O–H groups in total. The Morgan fingerprint density at radius 2 is 1.32 bits per heavy atom. The van der Waals surface area contributed by atoms with Gasteiger partial charge in [-0.3, -0.25) is 0 Å². The van der Waals surface area contributed by atoms with Crippen molar-refractivity contribution in [2.24, 2.45) is 5.11 Å². The van der Waals surface area contributed by atoms with Crippen LogP contribution in [0.2, 0.25) is 0 Å². The molecule has 106 valence electrons. The second kappa shape index (κ2) is 5.23. The molecule has 0 saturated carbocycles. The number of hydrogen-bond donors (Lipinski definition) is 1. The molecular weight excluding hydrogens is 268 g/mol. The lowest BCUT2D eigenvalue weighted by atomic mass is 9.82. The highest BCUT2D eigenvalue weighted by atomic mass is 14.9. The number of fused-ring (bicyclic) bond motifs is 2. The molecule has 2 unspecified atom stereocenters. The van der Waals surface area contributed by atoms with Crippen LogP contribution in [0.1, 0.15) is 34.1 Å². The van der Waals surface area contributed by atoms with E-state index in [2.05, 4.69) is 77.9 Å². The topological polar surface area (TPSA) is 36.2 Å². The summed E-state index contributed by atoms with van der Waals surface area (Å²) in [6, 6.07) is 16.9. The second-order valence-electron chi connectivity index (χ2n) is 5.69. The highest BCUT2D eigenvalue weighted by Crippen LogP contribution is 2.45. The van der Waals surface area contributed by atoms with Gasteiger partial charge in [-0.05, 0) is 27.8 Å². The summed E-state index contributed by atoms with van der Waals surface area (Å²) in [6.07, 6.45) is 10.5. The van der Waals surface area contributed by atoms with Gasteiger partial charge in [0.25, 0.3) is 0 Å². The minimum Gasteiger partial charge on any atom is -0.205 e. The van der Waals surface area contributed by atoms with Gasteiger partial charge in [-0.15, -0.1) is 0 Å². The Balaban J connectivity index is 1.79. The van der Waals surface area contributed by atoms with Gasteiger partial charge in [0.2, 0.25) is 0 Å². The maximum absolute atomic E-state index is 7.33. The van der Waals surface area contributed by atoms with E-state index in [9.17, 15) is 0 Å². The Hall–Kier alpha value is -2.74. The molecule has 2 heteroatoms. The van der Waals surface area contributed by atoms with Crippen LogP contribution in [0.4, 0.5) is 0 Å². The van der Waals surface area contributed by atoms with Gasteiger partial charge in [-0.2, -0.15) is 5.11 Å². The summed E-state index contributed by atoms with van der Waals surface area (Å²) in [6.45, 7) is 0. The van der Waals surface area contributed by atoms with E-state index >= 15 is 0 Å². The largest absolute Gasteiger partial charge is 0.205 e. The lowest BCUT2D eigenvalue weighted by Crippen LogP contribution is -2.06. The Kier molecular flexibility index (Phi) is 3.08. The van der Waals surface area contributed by atoms with Crippen molar-refractivity contribution in [3.8, 4) is 0 Å². The van der Waals surface area contributed by atoms with Crippen molar-refractivity contribution >= 4 is 12.2 Å². The Morgan fingerprint density at radius 1 is 0.818 bits per heavy atom. The molecule has 2 aromatic carbocycles. The minimum absolute atomic E-state index is 0.200. The minimum atomic E-state index is 0.200. The molecule has 0 fully saturated rings. The predicted molar refractivity (Wildman–Crippen MR) is 89.7 cm³/mol. The fraction of sp³-hybridized carbons (Fsp3) is 0.100. The third-order valence-electron chi connectivity index (χ3n) is 4.53. The van der Waals surface area contributed by atoms with Crippen molar-refractivity contribution in [2.45, 2.75) is 11.8 Å². The van der Waals surface area contributed by atoms with Crippen molar-refractivity contribution in [3.05, 3.63) is 94.7 Å². The molecule has 2 atom stereocenters. The first-order chi connectivity index (χ1) is 10.9. The van der Waals surface area contributed by atoms with E-state index in [1.54, 1.807) is 6.20 Å². The van der Waals surface area contributed by atoms with Crippen LogP contribution in [0.5, 0.6) is 0 Å². The molecule has 0 aromatic heterocycles. The number of allylic oxidation sites excluding steroid dienone is 3. The first kappa shape index (κ1) is 13.0. The van der Waals surface area contributed by atoms with Crippen molar-refractivity contribution < 1.29 is 0 Å². The lowest BCUT2D eigenvalue weighted by molar-refractivity contribution is 0.863. The van der Waals surface area contributed by atoms with Gasteiger partial charge in [-0.25, -0.2) is 5.53 Å². The van der Waals surface area contributed by atoms with Crippen LogP contribution in [0.3, 0.4) is 0 Å². The molecular formula is C20H16N2. The van der Waals surface area contributed by atoms with Crippen LogP contribution in [0, 0.1) is 5.53 Å². The first-order valence-electron chi connectivity index (χ1n) is 7.49. The summed E-state index contributed by atoms with van der Waals surface area (Å²) in [5.41, 5.74) is 13.6. The molecule has 0 spiro atoms. The quantitative estimate of drug-likeness (QED) is 0.720. The average Bonchev–Trinajstić information content (AvgIpc) is 3.17. The SMILES string of the molecule is N=NC=C(C1C=Cc2ccccc21)C1C=Cc2ccccc21. The predicted octanol–water partition coefficient (Wildman–Crippen LogP) is 5.52. The molecule has 0 radical (unpaired) electrons. The summed E-state index contributed by atoms with van der Waals surface area (Å²) in [7, 11) is 0. The first-order valence-corrected chi connectivity index (χ1v) is 7.49. The lowest BCUT2D eigenvalue weighted by Gasteiger charge is -2.21. The molecule has 0 heterocycles. The number of nitrogens with one attached hydrogen (secondary N) is 1. The maximum Gasteiger partial charge on any atom is 0.0499 e. The summed E-state index contributed by atoms with van der Waals surface area (Å²) in [5.74, 6) is 0.400. The van der Waals surface area contributed by atoms with E-state index < -0.39 is 0 Å². The smallest absolute Gasteiger partial charge is 0.0499 e. The van der Waals surface area contributed by atoms with Crippen LogP contribution < -0.4 is 0 Å². The van der Waals surface area contributed by atoms with E-state index in [4.69, 9.17) is 5.53 Å². The summed E-state index contributed by atoms with van der Waals surface area (Å²) < 4.78 is 0. The summed E-state index contributed by atoms with van der Waals surface area (Å²) in [4.78, 5) is 0. The number of rotatable bonds is 3. The van der Waals surface area contributed by atoms with Gasteiger partial charge in [0.15, 0.2) is 0 Å². The Morgan fingerprint density at radius 3 is 1.82 bits per heavy atom. The molecule has 22 heavy (non-hydrogen) atoms. The molecule has 2 aliphatic carbocycles.